The predicted molar refractivity (Wildman–Crippen MR) is 259 cm³/mol. The Morgan fingerprint density at radius 3 is 1.08 bits per heavy atom. The van der Waals surface area contributed by atoms with Crippen molar-refractivity contribution in [3.8, 4) is 0 Å². The van der Waals surface area contributed by atoms with Crippen LogP contribution in [0.5, 0.6) is 0 Å². The van der Waals surface area contributed by atoms with Gasteiger partial charge in [0.05, 0.1) is 31.3 Å². The molecule has 0 aliphatic carbocycles. The van der Waals surface area contributed by atoms with E-state index in [4.69, 9.17) is 0 Å². The SMILES string of the molecule is CCCCCCCCCCCCCC/C=C\CCCCCCCCC(O)CC(=O)NC(CO)C(O)/C=C/CC/C=C/CCCCCCCCCCCCCCCCCC. The number of nitrogens with one attached hydrogen (secondary N) is 1. The summed E-state index contributed by atoms with van der Waals surface area (Å²) in [5.41, 5.74) is 0. The van der Waals surface area contributed by atoms with E-state index in [1.807, 2.05) is 6.08 Å². The highest BCUT2D eigenvalue weighted by molar-refractivity contribution is 5.76. The minimum Gasteiger partial charge on any atom is -0.394 e. The Morgan fingerprint density at radius 2 is 0.729 bits per heavy atom. The molecule has 0 bridgehead atoms. The molecule has 0 saturated heterocycles. The molecule has 0 spiro atoms. The second-order valence-corrected chi connectivity index (χ2v) is 18.1. The molecular weight excluding hydrogens is 727 g/mol. The molecule has 0 fully saturated rings. The Balaban J connectivity index is 3.64. The van der Waals surface area contributed by atoms with Crippen LogP contribution in [-0.2, 0) is 4.79 Å². The van der Waals surface area contributed by atoms with Crippen LogP contribution >= 0.6 is 0 Å². The number of allylic oxidation sites excluding steroid dienone is 5. The van der Waals surface area contributed by atoms with Crippen molar-refractivity contribution in [3.63, 3.8) is 0 Å². The third kappa shape index (κ3) is 45.9. The Bertz CT molecular complexity index is 916. The standard InChI is InChI=1S/C54H103NO4/c1-3-5-7-9-11-13-15-17-19-21-23-25-27-29-31-33-35-37-39-41-43-45-47-51(57)49-54(59)55-52(50-56)53(58)48-46-44-42-40-38-36-34-32-30-28-26-24-22-20-18-16-14-12-10-8-6-4-2/h29,31,38,40,46,48,51-53,56-58H,3-28,30,32-37,39,41-45,47,49-50H2,1-2H3,(H,55,59)/b31-29-,40-38+,48-46+. The number of rotatable bonds is 48. The van der Waals surface area contributed by atoms with Crippen molar-refractivity contribution in [2.75, 3.05) is 6.61 Å². The van der Waals surface area contributed by atoms with Gasteiger partial charge in [0, 0.05) is 0 Å². The lowest BCUT2D eigenvalue weighted by Crippen LogP contribution is -2.45. The van der Waals surface area contributed by atoms with E-state index in [1.165, 1.54) is 218 Å². The molecule has 0 aromatic carbocycles. The van der Waals surface area contributed by atoms with Crippen LogP contribution in [0.3, 0.4) is 0 Å². The molecule has 0 aromatic rings. The Labute approximate surface area is 368 Å². The van der Waals surface area contributed by atoms with Gasteiger partial charge in [0.15, 0.2) is 0 Å². The van der Waals surface area contributed by atoms with E-state index in [9.17, 15) is 20.1 Å². The molecule has 5 nitrogen and oxygen atoms in total. The summed E-state index contributed by atoms with van der Waals surface area (Å²) in [6, 6.07) is -0.763. The summed E-state index contributed by atoms with van der Waals surface area (Å²) >= 11 is 0. The van der Waals surface area contributed by atoms with Gasteiger partial charge in [-0.2, -0.15) is 0 Å². The van der Waals surface area contributed by atoms with E-state index < -0.39 is 18.2 Å². The maximum atomic E-state index is 12.5. The van der Waals surface area contributed by atoms with Gasteiger partial charge < -0.3 is 20.6 Å². The van der Waals surface area contributed by atoms with Crippen molar-refractivity contribution in [2.45, 2.75) is 295 Å². The lowest BCUT2D eigenvalue weighted by Gasteiger charge is -2.21. The molecule has 3 atom stereocenters. The first-order valence-corrected chi connectivity index (χ1v) is 26.3. The predicted octanol–water partition coefficient (Wildman–Crippen LogP) is 15.9. The Kier molecular flexibility index (Phi) is 48.0. The van der Waals surface area contributed by atoms with Gasteiger partial charge >= 0.3 is 0 Å². The van der Waals surface area contributed by atoms with Crippen LogP contribution in [0, 0.1) is 0 Å². The average molecular weight is 830 g/mol. The van der Waals surface area contributed by atoms with Crippen LogP contribution in [0.1, 0.15) is 277 Å². The largest absolute Gasteiger partial charge is 0.394 e. The van der Waals surface area contributed by atoms with E-state index in [2.05, 4.69) is 43.5 Å². The Morgan fingerprint density at radius 1 is 0.424 bits per heavy atom. The number of amides is 1. The number of unbranched alkanes of at least 4 members (excludes halogenated alkanes) is 35. The number of aliphatic hydroxyl groups is 3. The van der Waals surface area contributed by atoms with Crippen LogP contribution in [0.4, 0.5) is 0 Å². The molecule has 0 heterocycles. The third-order valence-corrected chi connectivity index (χ3v) is 12.1. The summed E-state index contributed by atoms with van der Waals surface area (Å²) in [4.78, 5) is 12.5. The molecule has 5 heteroatoms. The lowest BCUT2D eigenvalue weighted by molar-refractivity contribution is -0.124. The molecule has 348 valence electrons. The minimum atomic E-state index is -0.954. The van der Waals surface area contributed by atoms with E-state index in [0.717, 1.165) is 32.1 Å². The first-order valence-electron chi connectivity index (χ1n) is 26.3. The van der Waals surface area contributed by atoms with Gasteiger partial charge in [0.25, 0.3) is 0 Å². The van der Waals surface area contributed by atoms with E-state index in [1.54, 1.807) is 6.08 Å². The number of hydrogen-bond donors (Lipinski definition) is 4. The number of aliphatic hydroxyl groups excluding tert-OH is 3. The van der Waals surface area contributed by atoms with Crippen molar-refractivity contribution in [2.24, 2.45) is 0 Å². The molecule has 0 aliphatic rings. The smallest absolute Gasteiger partial charge is 0.222 e. The summed E-state index contributed by atoms with van der Waals surface area (Å²) < 4.78 is 0. The van der Waals surface area contributed by atoms with E-state index >= 15 is 0 Å². The average Bonchev–Trinajstić information content (AvgIpc) is 3.23. The van der Waals surface area contributed by atoms with E-state index in [-0.39, 0.29) is 18.9 Å². The zero-order chi connectivity index (χ0) is 43.0. The summed E-state index contributed by atoms with van der Waals surface area (Å²) in [6.07, 6.45) is 63.2. The van der Waals surface area contributed by atoms with Gasteiger partial charge in [-0.25, -0.2) is 0 Å². The first kappa shape index (κ1) is 57.6. The minimum absolute atomic E-state index is 0.00270. The quantitative estimate of drug-likeness (QED) is 0.0363. The highest BCUT2D eigenvalue weighted by atomic mass is 16.3. The molecule has 0 aromatic heterocycles. The van der Waals surface area contributed by atoms with Gasteiger partial charge in [0.1, 0.15) is 0 Å². The fourth-order valence-electron chi connectivity index (χ4n) is 8.12. The molecule has 4 N–H and O–H groups in total. The summed E-state index contributed by atoms with van der Waals surface area (Å²) in [7, 11) is 0. The van der Waals surface area contributed by atoms with Crippen LogP contribution in [0.2, 0.25) is 0 Å². The highest BCUT2D eigenvalue weighted by Crippen LogP contribution is 2.16. The second kappa shape index (κ2) is 49.2. The van der Waals surface area contributed by atoms with Gasteiger partial charge in [0.2, 0.25) is 5.91 Å². The molecule has 0 radical (unpaired) electrons. The first-order chi connectivity index (χ1) is 29.0. The van der Waals surface area contributed by atoms with Crippen molar-refractivity contribution < 1.29 is 20.1 Å². The molecule has 3 unspecified atom stereocenters. The fourth-order valence-corrected chi connectivity index (χ4v) is 8.12. The Hall–Kier alpha value is -1.43. The zero-order valence-electron chi connectivity index (χ0n) is 39.6. The summed E-state index contributed by atoms with van der Waals surface area (Å²) in [5.74, 6) is -0.326. The van der Waals surface area contributed by atoms with E-state index in [0.29, 0.717) is 6.42 Å². The van der Waals surface area contributed by atoms with Gasteiger partial charge in [-0.3, -0.25) is 4.79 Å². The number of carbonyl (C=O) groups excluding carboxylic acids is 1. The van der Waals surface area contributed by atoms with Crippen LogP contribution < -0.4 is 5.32 Å². The monoisotopic (exact) mass is 830 g/mol. The highest BCUT2D eigenvalue weighted by Gasteiger charge is 2.20. The third-order valence-electron chi connectivity index (χ3n) is 12.1. The molecule has 59 heavy (non-hydrogen) atoms. The number of hydrogen-bond acceptors (Lipinski definition) is 4. The van der Waals surface area contributed by atoms with Crippen LogP contribution in [-0.4, -0.2) is 46.1 Å². The molecule has 0 saturated carbocycles. The van der Waals surface area contributed by atoms with Gasteiger partial charge in [-0.05, 0) is 57.8 Å². The van der Waals surface area contributed by atoms with Crippen LogP contribution in [0.25, 0.3) is 0 Å². The topological polar surface area (TPSA) is 89.8 Å². The number of carbonyl (C=O) groups is 1. The normalized spacial score (nSPS) is 13.6. The molecular formula is C54H103NO4. The van der Waals surface area contributed by atoms with Crippen molar-refractivity contribution in [1.29, 1.82) is 0 Å². The maximum absolute atomic E-state index is 12.5. The second-order valence-electron chi connectivity index (χ2n) is 18.1. The lowest BCUT2D eigenvalue weighted by atomic mass is 10.0. The fraction of sp³-hybridized carbons (Fsp3) is 0.870. The van der Waals surface area contributed by atoms with Gasteiger partial charge in [-0.1, -0.05) is 249 Å². The zero-order valence-corrected chi connectivity index (χ0v) is 39.6. The molecule has 1 amide bonds. The molecule has 0 rings (SSSR count). The maximum Gasteiger partial charge on any atom is 0.222 e. The van der Waals surface area contributed by atoms with Crippen molar-refractivity contribution in [1.82, 2.24) is 5.32 Å². The summed E-state index contributed by atoms with van der Waals surface area (Å²) in [5, 5.41) is 33.4. The van der Waals surface area contributed by atoms with Crippen molar-refractivity contribution >= 4 is 5.91 Å². The summed E-state index contributed by atoms with van der Waals surface area (Å²) in [6.45, 7) is 4.23. The van der Waals surface area contributed by atoms with Crippen LogP contribution in [0.15, 0.2) is 36.5 Å². The van der Waals surface area contributed by atoms with Crippen molar-refractivity contribution in [3.05, 3.63) is 36.5 Å². The molecule has 0 aliphatic heterocycles. The van der Waals surface area contributed by atoms with Gasteiger partial charge in [-0.15, -0.1) is 0 Å².